The summed E-state index contributed by atoms with van der Waals surface area (Å²) in [6.07, 6.45) is -0.538. The quantitative estimate of drug-likeness (QED) is 0.265. The third-order valence-corrected chi connectivity index (χ3v) is 6.70. The van der Waals surface area contributed by atoms with Crippen LogP contribution in [-0.2, 0) is 9.53 Å². The fraction of sp³-hybridized carbons (Fsp3) is 0.370. The summed E-state index contributed by atoms with van der Waals surface area (Å²) in [4.78, 5) is 25.4. The topological polar surface area (TPSA) is 84.7 Å². The zero-order chi connectivity index (χ0) is 28.2. The predicted octanol–water partition coefficient (Wildman–Crippen LogP) is 8.00. The Morgan fingerprint density at radius 3 is 2.29 bits per heavy atom. The van der Waals surface area contributed by atoms with E-state index in [9.17, 15) is 9.59 Å². The van der Waals surface area contributed by atoms with Crippen molar-refractivity contribution in [1.29, 1.82) is 0 Å². The molecule has 3 rings (SSSR count). The Hall–Kier alpha value is -2.45. The van der Waals surface area contributed by atoms with Gasteiger partial charge in [0.1, 0.15) is 11.3 Å². The summed E-state index contributed by atoms with van der Waals surface area (Å²) < 4.78 is 10.9. The minimum atomic E-state index is -1.28. The number of carbonyl (C=O) groups is 2. The predicted molar refractivity (Wildman–Crippen MR) is 153 cm³/mol. The number of alkyl halides is 2. The smallest absolute Gasteiger partial charge is 0.407 e. The van der Waals surface area contributed by atoms with E-state index in [1.54, 1.807) is 63.2 Å². The molecule has 1 aromatic heterocycles. The van der Waals surface area contributed by atoms with Gasteiger partial charge in [-0.2, -0.15) is 0 Å². The van der Waals surface area contributed by atoms with Crippen molar-refractivity contribution in [2.24, 2.45) is 5.92 Å². The van der Waals surface area contributed by atoms with Crippen molar-refractivity contribution < 1.29 is 18.8 Å². The molecule has 0 saturated heterocycles. The largest absolute Gasteiger partial charge is 0.444 e. The first kappa shape index (κ1) is 30.1. The molecule has 1 heterocycles. The summed E-state index contributed by atoms with van der Waals surface area (Å²) in [6.45, 7) is 9.33. The molecule has 2 aromatic carbocycles. The van der Waals surface area contributed by atoms with E-state index >= 15 is 0 Å². The summed E-state index contributed by atoms with van der Waals surface area (Å²) in [5.74, 6) is -0.226. The van der Waals surface area contributed by atoms with Gasteiger partial charge < -0.3 is 19.5 Å². The number of ether oxygens (including phenoxy) is 1. The van der Waals surface area contributed by atoms with E-state index in [1.165, 1.54) is 4.90 Å². The van der Waals surface area contributed by atoms with Crippen molar-refractivity contribution in [2.75, 3.05) is 11.4 Å². The van der Waals surface area contributed by atoms with Crippen LogP contribution < -0.4 is 10.2 Å². The highest BCUT2D eigenvalue weighted by Gasteiger charge is 2.28. The lowest BCUT2D eigenvalue weighted by Gasteiger charge is -2.30. The van der Waals surface area contributed by atoms with Gasteiger partial charge in [0, 0.05) is 35.5 Å². The molecule has 0 spiro atoms. The first-order valence-electron chi connectivity index (χ1n) is 11.9. The van der Waals surface area contributed by atoms with Gasteiger partial charge in [0.15, 0.2) is 10.6 Å². The van der Waals surface area contributed by atoms with Crippen molar-refractivity contribution in [3.8, 4) is 22.6 Å². The molecular weight excluding hydrogens is 572 g/mol. The molecule has 0 radical (unpaired) electrons. The Kier molecular flexibility index (Phi) is 9.98. The maximum Gasteiger partial charge on any atom is 0.407 e. The number of rotatable bonds is 8. The molecule has 0 aliphatic heterocycles. The monoisotopic (exact) mass is 599 g/mol. The second kappa shape index (κ2) is 12.6. The van der Waals surface area contributed by atoms with Crippen molar-refractivity contribution in [3.63, 3.8) is 0 Å². The van der Waals surface area contributed by atoms with Gasteiger partial charge in [-0.25, -0.2) is 4.79 Å². The summed E-state index contributed by atoms with van der Waals surface area (Å²) >= 11 is 24.6. The molecule has 7 nitrogen and oxygen atoms in total. The fourth-order valence-electron chi connectivity index (χ4n) is 3.62. The maximum absolute atomic E-state index is 13.0. The Morgan fingerprint density at radius 1 is 1.05 bits per heavy atom. The Labute approximate surface area is 242 Å². The van der Waals surface area contributed by atoms with Gasteiger partial charge in [-0.3, -0.25) is 4.79 Å². The van der Waals surface area contributed by atoms with Crippen molar-refractivity contribution in [3.05, 3.63) is 58.6 Å². The number of nitrogens with one attached hydrogen (secondary N) is 1. The molecule has 0 saturated carbocycles. The van der Waals surface area contributed by atoms with E-state index in [0.29, 0.717) is 38.3 Å². The Balaban J connectivity index is 1.85. The fourth-order valence-corrected chi connectivity index (χ4v) is 4.45. The van der Waals surface area contributed by atoms with E-state index in [1.807, 2.05) is 19.9 Å². The first-order valence-corrected chi connectivity index (χ1v) is 13.5. The third kappa shape index (κ3) is 7.79. The number of hydrogen-bond donors (Lipinski definition) is 1. The van der Waals surface area contributed by atoms with Crippen LogP contribution in [0.5, 0.6) is 0 Å². The number of nitrogens with zero attached hydrogens (tertiary/aromatic N) is 2. The van der Waals surface area contributed by atoms with Crippen LogP contribution in [0.2, 0.25) is 10.0 Å². The van der Waals surface area contributed by atoms with Crippen molar-refractivity contribution >= 4 is 64.1 Å². The first-order chi connectivity index (χ1) is 17.8. The number of amides is 2. The summed E-state index contributed by atoms with van der Waals surface area (Å²) in [7, 11) is 0. The minimum Gasteiger partial charge on any atom is -0.444 e. The molecule has 11 heteroatoms. The molecule has 204 valence electrons. The minimum absolute atomic E-state index is 0.179. The van der Waals surface area contributed by atoms with Gasteiger partial charge in [0.2, 0.25) is 0 Å². The van der Waals surface area contributed by atoms with E-state index in [-0.39, 0.29) is 18.5 Å². The lowest BCUT2D eigenvalue weighted by molar-refractivity contribution is -0.117. The van der Waals surface area contributed by atoms with Crippen LogP contribution in [0.15, 0.2) is 53.1 Å². The SMILES string of the molecule is CC(CN(C(=O)C(Cl)Cl)c1cccc(-c2cc(-c3c(Cl)cccc3Cl)no2)c1)C(C)NC(=O)OC(C)(C)C. The Morgan fingerprint density at radius 2 is 1.68 bits per heavy atom. The van der Waals surface area contributed by atoms with Crippen LogP contribution >= 0.6 is 46.4 Å². The van der Waals surface area contributed by atoms with E-state index in [4.69, 9.17) is 55.7 Å². The number of hydrogen-bond acceptors (Lipinski definition) is 5. The molecule has 2 unspecified atom stereocenters. The molecule has 0 bridgehead atoms. The molecule has 0 aliphatic carbocycles. The van der Waals surface area contributed by atoms with Gasteiger partial charge in [-0.15, -0.1) is 0 Å². The molecule has 2 amide bonds. The van der Waals surface area contributed by atoms with E-state index in [0.717, 1.165) is 0 Å². The third-order valence-electron chi connectivity index (χ3n) is 5.69. The highest BCUT2D eigenvalue weighted by molar-refractivity contribution is 6.54. The van der Waals surface area contributed by atoms with Crippen LogP contribution in [0.4, 0.5) is 10.5 Å². The van der Waals surface area contributed by atoms with Crippen molar-refractivity contribution in [1.82, 2.24) is 10.5 Å². The maximum atomic E-state index is 13.0. The van der Waals surface area contributed by atoms with Crippen LogP contribution in [0, 0.1) is 5.92 Å². The van der Waals surface area contributed by atoms with Crippen LogP contribution in [-0.4, -0.2) is 40.2 Å². The number of anilines is 1. The number of benzene rings is 2. The standard InChI is InChI=1S/C27H29Cl4N3O4/c1-15(16(2)32-26(36)37-27(3,4)5)14-34(25(35)24(30)31)18-9-6-8-17(12-18)22-13-21(33-38-22)23-19(28)10-7-11-20(23)29/h6-13,15-16,24H,14H2,1-5H3,(H,32,36). The number of halogens is 4. The number of aromatic nitrogens is 1. The summed E-state index contributed by atoms with van der Waals surface area (Å²) in [5.41, 5.74) is 1.62. The highest BCUT2D eigenvalue weighted by Crippen LogP contribution is 2.36. The van der Waals surface area contributed by atoms with Crippen LogP contribution in [0.25, 0.3) is 22.6 Å². The Bertz CT molecular complexity index is 1270. The molecule has 0 aliphatic rings. The average Bonchev–Trinajstić information content (AvgIpc) is 3.30. The van der Waals surface area contributed by atoms with E-state index in [2.05, 4.69) is 10.5 Å². The van der Waals surface area contributed by atoms with E-state index < -0.39 is 22.4 Å². The molecule has 38 heavy (non-hydrogen) atoms. The van der Waals surface area contributed by atoms with Gasteiger partial charge in [-0.05, 0) is 57.9 Å². The lowest BCUT2D eigenvalue weighted by atomic mass is 10.0. The van der Waals surface area contributed by atoms with Gasteiger partial charge >= 0.3 is 6.09 Å². The second-order valence-corrected chi connectivity index (χ2v) is 11.8. The molecule has 2 atom stereocenters. The molecule has 1 N–H and O–H groups in total. The zero-order valence-corrected chi connectivity index (χ0v) is 24.6. The second-order valence-electron chi connectivity index (χ2n) is 9.89. The summed E-state index contributed by atoms with van der Waals surface area (Å²) in [6, 6.07) is 13.7. The number of alkyl carbamates (subject to hydrolysis) is 1. The van der Waals surface area contributed by atoms with Crippen molar-refractivity contribution in [2.45, 2.75) is 51.1 Å². The normalized spacial score (nSPS) is 13.2. The van der Waals surface area contributed by atoms with Gasteiger partial charge in [-0.1, -0.05) is 76.7 Å². The lowest BCUT2D eigenvalue weighted by Crippen LogP contribution is -2.46. The number of carbonyl (C=O) groups excluding carboxylic acids is 2. The molecule has 3 aromatic rings. The van der Waals surface area contributed by atoms with Crippen LogP contribution in [0.3, 0.4) is 0 Å². The molecular formula is C27H29Cl4N3O4. The summed E-state index contributed by atoms with van der Waals surface area (Å²) in [5, 5.41) is 7.84. The van der Waals surface area contributed by atoms with Gasteiger partial charge in [0.05, 0.1) is 10.0 Å². The van der Waals surface area contributed by atoms with Gasteiger partial charge in [0.25, 0.3) is 5.91 Å². The average molecular weight is 601 g/mol. The highest BCUT2D eigenvalue weighted by atomic mass is 35.5. The molecule has 0 fully saturated rings. The van der Waals surface area contributed by atoms with Crippen LogP contribution in [0.1, 0.15) is 34.6 Å². The zero-order valence-electron chi connectivity index (χ0n) is 21.6.